The van der Waals surface area contributed by atoms with Gasteiger partial charge in [0.15, 0.2) is 23.0 Å². The van der Waals surface area contributed by atoms with Crippen molar-refractivity contribution in [1.29, 1.82) is 0 Å². The molecule has 4 aliphatic heterocycles. The first-order valence-electron chi connectivity index (χ1n) is 24.3. The number of methoxy groups -OCH3 is 2. The van der Waals surface area contributed by atoms with Crippen molar-refractivity contribution in [1.82, 2.24) is 4.31 Å². The number of nitrogens with one attached hydrogen (secondary N) is 3. The number of ether oxygens (including phenoxy) is 4. The lowest BCUT2D eigenvalue weighted by Crippen LogP contribution is -2.45. The van der Waals surface area contributed by atoms with Gasteiger partial charge >= 0.3 is 10.3 Å². The first-order valence-corrected chi connectivity index (χ1v) is 28.1. The van der Waals surface area contributed by atoms with Crippen LogP contribution in [0.1, 0.15) is 70.8 Å². The van der Waals surface area contributed by atoms with Crippen LogP contribution in [0.4, 0.5) is 28.4 Å². The Morgan fingerprint density at radius 1 is 0.893 bits per heavy atom. The number of nitrogens with zero attached hydrogens (tertiary/aromatic N) is 3. The lowest BCUT2D eigenvalue weighted by atomic mass is 10.1. The van der Waals surface area contributed by atoms with Crippen LogP contribution in [0.2, 0.25) is 0 Å². The second kappa shape index (κ2) is 22.7. The van der Waals surface area contributed by atoms with Crippen LogP contribution in [-0.2, 0) is 50.7 Å². The van der Waals surface area contributed by atoms with E-state index in [1.54, 1.807) is 52.1 Å². The molecule has 5 aromatic rings. The molecular weight excluding hydrogens is 1020 g/mol. The molecule has 4 amide bonds. The Kier molecular flexibility index (Phi) is 16.1. The second-order valence-electron chi connectivity index (χ2n) is 18.7. The highest BCUT2D eigenvalue weighted by atomic mass is 33.1. The zero-order chi connectivity index (χ0) is 53.1. The third-order valence-corrected chi connectivity index (χ3v) is 17.5. The van der Waals surface area contributed by atoms with E-state index >= 15 is 0 Å². The van der Waals surface area contributed by atoms with Crippen LogP contribution in [-0.4, -0.2) is 107 Å². The van der Waals surface area contributed by atoms with Crippen molar-refractivity contribution in [2.24, 2.45) is 0 Å². The fourth-order valence-corrected chi connectivity index (χ4v) is 13.1. The Bertz CT molecular complexity index is 3110. The van der Waals surface area contributed by atoms with Gasteiger partial charge in [-0.05, 0) is 109 Å². The number of aliphatic hydroxyl groups excluding tert-OH is 2. The molecule has 22 heteroatoms. The normalized spacial score (nSPS) is 19.2. The number of benzene rings is 5. The van der Waals surface area contributed by atoms with E-state index in [1.165, 1.54) is 29.9 Å². The molecule has 0 radical (unpaired) electrons. The minimum absolute atomic E-state index is 0.0109. The second-order valence-corrected chi connectivity index (χ2v) is 22.9. The standard InChI is InChI=1S/C53H58N6O13S3/c1-30-18-45(69-3)47(25-38(30)55-50(62)43-22-34-11-5-7-13-40(34)57(43)29-60)71-27-32-19-33(21-36(20-32)54-49(61)15-9-10-31(2)74-73-17-16-42-53(65)59(42)75(66,67)68)28-72-48-26-39-37(24-46(48)70-4)52(64)58-41-14-8-6-12-35(41)23-44(58)51(63)56-39/h5-8,11-14,18-21,24-26,29,31,42-44,50-51,55-56,62-63H,9-10,15-17,22-23,27-28H2,1-4H3,(H,54,61)(H,66,67,68)/t31?,42?,43?,44?,50-,51?,59?/m1/s1. The van der Waals surface area contributed by atoms with Gasteiger partial charge in [-0.3, -0.25) is 23.7 Å². The fourth-order valence-electron chi connectivity index (χ4n) is 9.80. The van der Waals surface area contributed by atoms with E-state index in [-0.39, 0.29) is 36.7 Å². The van der Waals surface area contributed by atoms with Gasteiger partial charge in [0.25, 0.3) is 11.8 Å². The van der Waals surface area contributed by atoms with E-state index in [4.69, 9.17) is 23.5 Å². The number of para-hydroxylation sites is 2. The molecule has 396 valence electrons. The maximum absolute atomic E-state index is 14.1. The van der Waals surface area contributed by atoms with E-state index in [0.29, 0.717) is 98.9 Å². The number of hydrogen-bond donors (Lipinski definition) is 6. The van der Waals surface area contributed by atoms with Crippen molar-refractivity contribution in [2.45, 2.75) is 101 Å². The predicted molar refractivity (Wildman–Crippen MR) is 287 cm³/mol. The topological polar surface area (TPSA) is 246 Å². The van der Waals surface area contributed by atoms with Crippen molar-refractivity contribution < 1.29 is 61.3 Å². The number of aryl methyl sites for hydroxylation is 1. The fraction of sp³-hybridized carbons (Fsp3) is 0.358. The minimum Gasteiger partial charge on any atom is -0.493 e. The van der Waals surface area contributed by atoms with Gasteiger partial charge < -0.3 is 54.9 Å². The molecule has 19 nitrogen and oxygen atoms in total. The van der Waals surface area contributed by atoms with Crippen LogP contribution >= 0.6 is 21.6 Å². The molecule has 6 N–H and O–H groups in total. The summed E-state index contributed by atoms with van der Waals surface area (Å²) in [5.41, 5.74) is 7.20. The van der Waals surface area contributed by atoms with Crippen LogP contribution in [0, 0.1) is 6.92 Å². The molecule has 0 saturated carbocycles. The highest BCUT2D eigenvalue weighted by Crippen LogP contribution is 2.43. The number of rotatable bonds is 23. The van der Waals surface area contributed by atoms with Crippen LogP contribution in [0.15, 0.2) is 91.0 Å². The molecule has 0 aromatic heterocycles. The lowest BCUT2D eigenvalue weighted by molar-refractivity contribution is -0.116. The Hall–Kier alpha value is -6.69. The molecule has 5 aromatic carbocycles. The molecule has 0 aliphatic carbocycles. The maximum atomic E-state index is 14.1. The molecule has 0 bridgehead atoms. The van der Waals surface area contributed by atoms with Crippen LogP contribution in [0.5, 0.6) is 23.0 Å². The van der Waals surface area contributed by atoms with Gasteiger partial charge in [0.2, 0.25) is 12.3 Å². The number of aliphatic hydroxyl groups is 2. The minimum atomic E-state index is -4.53. The average Bonchev–Trinajstić information content (AvgIpc) is 3.72. The Morgan fingerprint density at radius 3 is 2.21 bits per heavy atom. The third kappa shape index (κ3) is 11.8. The van der Waals surface area contributed by atoms with Gasteiger partial charge in [0.05, 0.1) is 37.6 Å². The average molecular weight is 1080 g/mol. The molecule has 4 aliphatic rings. The Morgan fingerprint density at radius 2 is 1.55 bits per heavy atom. The molecule has 75 heavy (non-hydrogen) atoms. The summed E-state index contributed by atoms with van der Waals surface area (Å²) in [5.74, 6) is 0.780. The summed E-state index contributed by atoms with van der Waals surface area (Å²) in [7, 11) is 1.55. The first kappa shape index (κ1) is 53.1. The summed E-state index contributed by atoms with van der Waals surface area (Å²) in [6.45, 7) is 3.88. The maximum Gasteiger partial charge on any atom is 0.362 e. The van der Waals surface area contributed by atoms with Gasteiger partial charge in [-0.15, -0.1) is 0 Å². The SMILES string of the molecule is COc1cc(C)c(N[C@H](O)C2Cc3ccccc3N2C=O)cc1OCc1cc(COc2cc3c(cc2OC)C(=O)N2c4ccccc4CC2C(O)N3)cc(NC(=O)CCCC(C)SSCCC2C(=O)N2S(=O)(=O)O)c1. The molecule has 0 spiro atoms. The quantitative estimate of drug-likeness (QED) is 0.00955. The van der Waals surface area contributed by atoms with Gasteiger partial charge in [0.1, 0.15) is 31.7 Å². The van der Waals surface area contributed by atoms with Crippen LogP contribution in [0.25, 0.3) is 0 Å². The zero-order valence-corrected chi connectivity index (χ0v) is 44.0. The molecule has 9 rings (SSSR count). The van der Waals surface area contributed by atoms with E-state index in [9.17, 15) is 37.8 Å². The van der Waals surface area contributed by atoms with E-state index < -0.39 is 46.8 Å². The van der Waals surface area contributed by atoms with Gasteiger partial charge in [-0.25, -0.2) is 4.31 Å². The van der Waals surface area contributed by atoms with E-state index in [1.807, 2.05) is 68.4 Å². The molecule has 4 heterocycles. The highest BCUT2D eigenvalue weighted by Gasteiger charge is 2.53. The summed E-state index contributed by atoms with van der Waals surface area (Å²) in [6.07, 6.45) is 1.25. The summed E-state index contributed by atoms with van der Waals surface area (Å²) in [5, 5.41) is 32.3. The first-order chi connectivity index (χ1) is 36.0. The van der Waals surface area contributed by atoms with E-state index in [0.717, 1.165) is 34.5 Å². The third-order valence-electron chi connectivity index (χ3n) is 13.6. The van der Waals surface area contributed by atoms with Crippen molar-refractivity contribution >= 4 is 84.5 Å². The molecule has 1 saturated heterocycles. The van der Waals surface area contributed by atoms with Crippen molar-refractivity contribution in [3.8, 4) is 23.0 Å². The van der Waals surface area contributed by atoms with Crippen molar-refractivity contribution in [3.05, 3.63) is 124 Å². The number of hydrogen-bond acceptors (Lipinski definition) is 16. The largest absolute Gasteiger partial charge is 0.493 e. The number of amides is 4. The number of anilines is 5. The highest BCUT2D eigenvalue weighted by molar-refractivity contribution is 8.76. The summed E-state index contributed by atoms with van der Waals surface area (Å²) in [6, 6.07) is 25.4. The summed E-state index contributed by atoms with van der Waals surface area (Å²) < 4.78 is 56.5. The van der Waals surface area contributed by atoms with Crippen LogP contribution < -0.4 is 44.7 Å². The van der Waals surface area contributed by atoms with Crippen molar-refractivity contribution in [3.63, 3.8) is 0 Å². The monoisotopic (exact) mass is 1080 g/mol. The molecular formula is C53H58N6O13S3. The van der Waals surface area contributed by atoms with Gasteiger partial charge in [-0.1, -0.05) is 64.9 Å². The molecule has 6 atom stereocenters. The van der Waals surface area contributed by atoms with E-state index in [2.05, 4.69) is 16.0 Å². The van der Waals surface area contributed by atoms with Gasteiger partial charge in [0, 0.05) is 52.3 Å². The number of carbonyl (C=O) groups excluding carboxylic acids is 4. The van der Waals surface area contributed by atoms with Crippen LogP contribution in [0.3, 0.4) is 0 Å². The smallest absolute Gasteiger partial charge is 0.362 e. The predicted octanol–water partition coefficient (Wildman–Crippen LogP) is 7.09. The summed E-state index contributed by atoms with van der Waals surface area (Å²) >= 11 is 0. The van der Waals surface area contributed by atoms with Gasteiger partial charge in [-0.2, -0.15) is 8.42 Å². The van der Waals surface area contributed by atoms with Crippen molar-refractivity contribution in [2.75, 3.05) is 45.7 Å². The number of fused-ring (bicyclic) bond motifs is 5. The molecule has 5 unspecified atom stereocenters. The Balaban J connectivity index is 0.897. The lowest BCUT2D eigenvalue weighted by Gasteiger charge is -2.28. The summed E-state index contributed by atoms with van der Waals surface area (Å²) in [4.78, 5) is 54.7. The Labute approximate surface area is 442 Å². The number of carbonyl (C=O) groups is 4. The zero-order valence-electron chi connectivity index (χ0n) is 41.6. The molecule has 1 fully saturated rings.